The Morgan fingerprint density at radius 3 is 2.88 bits per heavy atom. The van der Waals surface area contributed by atoms with Crippen LogP contribution in [0.15, 0.2) is 55.0 Å². The van der Waals surface area contributed by atoms with Crippen LogP contribution >= 0.6 is 0 Å². The van der Waals surface area contributed by atoms with E-state index in [1.807, 2.05) is 24.4 Å². The quantitative estimate of drug-likeness (QED) is 0.781. The highest BCUT2D eigenvalue weighted by molar-refractivity contribution is 5.78. The highest BCUT2D eigenvalue weighted by atomic mass is 16.1. The number of aromatic nitrogens is 3. The molecule has 1 aliphatic rings. The number of fused-ring (bicyclic) bond motifs is 1. The zero-order valence-corrected chi connectivity index (χ0v) is 14.0. The Bertz CT molecular complexity index is 886. The number of amides is 1. The molecule has 126 valence electrons. The third-order valence-electron chi connectivity index (χ3n) is 4.57. The Balaban J connectivity index is 1.37. The maximum absolute atomic E-state index is 12.3. The molecule has 0 saturated carbocycles. The standard InChI is InChI=1S/C20H20N4O/c25-20(13-15-5-6-17-3-1-4-18(17)11-15)22-14-16-7-9-21-19(12-16)24-10-2-8-23-24/h2,5-12H,1,3-4,13-14H2,(H,22,25). The Kier molecular flexibility index (Phi) is 4.29. The average Bonchev–Trinajstić information content (AvgIpc) is 3.31. The molecule has 0 aliphatic heterocycles. The lowest BCUT2D eigenvalue weighted by Crippen LogP contribution is -2.24. The Morgan fingerprint density at radius 2 is 2.00 bits per heavy atom. The SMILES string of the molecule is O=C(Cc1ccc2c(c1)CCC2)NCc1ccnc(-n2cccn2)c1. The van der Waals surface area contributed by atoms with Crippen molar-refractivity contribution in [2.75, 3.05) is 0 Å². The largest absolute Gasteiger partial charge is 0.352 e. The van der Waals surface area contributed by atoms with Crippen LogP contribution in [0, 0.1) is 0 Å². The lowest BCUT2D eigenvalue weighted by Gasteiger charge is -2.08. The van der Waals surface area contributed by atoms with Crippen molar-refractivity contribution in [2.24, 2.45) is 0 Å². The number of aryl methyl sites for hydroxylation is 2. The second kappa shape index (κ2) is 6.89. The van der Waals surface area contributed by atoms with E-state index in [-0.39, 0.29) is 5.91 Å². The van der Waals surface area contributed by atoms with Gasteiger partial charge in [-0.1, -0.05) is 18.2 Å². The molecular weight excluding hydrogens is 312 g/mol. The molecule has 0 bridgehead atoms. The van der Waals surface area contributed by atoms with E-state index in [2.05, 4.69) is 33.6 Å². The van der Waals surface area contributed by atoms with Crippen molar-refractivity contribution in [2.45, 2.75) is 32.2 Å². The highest BCUT2D eigenvalue weighted by Gasteiger charge is 2.12. The number of hydrogen-bond acceptors (Lipinski definition) is 3. The first-order valence-electron chi connectivity index (χ1n) is 8.60. The first-order chi connectivity index (χ1) is 12.3. The molecule has 0 radical (unpaired) electrons. The van der Waals surface area contributed by atoms with E-state index in [0.29, 0.717) is 13.0 Å². The fraction of sp³-hybridized carbons (Fsp3) is 0.250. The van der Waals surface area contributed by atoms with Gasteiger partial charge in [-0.05, 0) is 59.7 Å². The van der Waals surface area contributed by atoms with Gasteiger partial charge in [0.15, 0.2) is 5.82 Å². The molecule has 0 saturated heterocycles. The molecule has 2 heterocycles. The fourth-order valence-electron chi connectivity index (χ4n) is 3.28. The minimum Gasteiger partial charge on any atom is -0.352 e. The second-order valence-electron chi connectivity index (χ2n) is 6.38. The van der Waals surface area contributed by atoms with Crippen LogP contribution in [-0.2, 0) is 30.6 Å². The van der Waals surface area contributed by atoms with E-state index in [0.717, 1.165) is 23.4 Å². The van der Waals surface area contributed by atoms with Crippen molar-refractivity contribution in [3.8, 4) is 5.82 Å². The number of nitrogens with one attached hydrogen (secondary N) is 1. The van der Waals surface area contributed by atoms with Crippen molar-refractivity contribution < 1.29 is 4.79 Å². The molecule has 3 aromatic rings. The van der Waals surface area contributed by atoms with Crippen LogP contribution in [0.4, 0.5) is 0 Å². The summed E-state index contributed by atoms with van der Waals surface area (Å²) in [5, 5.41) is 7.17. The number of benzene rings is 1. The molecule has 1 amide bonds. The van der Waals surface area contributed by atoms with Crippen molar-refractivity contribution in [3.05, 3.63) is 77.2 Å². The number of nitrogens with zero attached hydrogens (tertiary/aromatic N) is 3. The smallest absolute Gasteiger partial charge is 0.224 e. The molecule has 1 aromatic carbocycles. The van der Waals surface area contributed by atoms with Gasteiger partial charge >= 0.3 is 0 Å². The number of pyridine rings is 1. The predicted octanol–water partition coefficient (Wildman–Crippen LogP) is 2.61. The summed E-state index contributed by atoms with van der Waals surface area (Å²) in [6.07, 6.45) is 9.25. The molecule has 0 spiro atoms. The summed E-state index contributed by atoms with van der Waals surface area (Å²) < 4.78 is 1.70. The normalized spacial score (nSPS) is 12.8. The molecule has 25 heavy (non-hydrogen) atoms. The van der Waals surface area contributed by atoms with Crippen molar-refractivity contribution >= 4 is 5.91 Å². The minimum atomic E-state index is 0.0374. The van der Waals surface area contributed by atoms with Gasteiger partial charge in [-0.2, -0.15) is 5.10 Å². The molecule has 5 nitrogen and oxygen atoms in total. The zero-order valence-electron chi connectivity index (χ0n) is 14.0. The highest BCUT2D eigenvalue weighted by Crippen LogP contribution is 2.23. The van der Waals surface area contributed by atoms with Crippen molar-refractivity contribution in [1.82, 2.24) is 20.1 Å². The van der Waals surface area contributed by atoms with E-state index in [4.69, 9.17) is 0 Å². The first-order valence-corrected chi connectivity index (χ1v) is 8.60. The number of hydrogen-bond donors (Lipinski definition) is 1. The van der Waals surface area contributed by atoms with E-state index >= 15 is 0 Å². The van der Waals surface area contributed by atoms with Crippen LogP contribution in [0.25, 0.3) is 5.82 Å². The third kappa shape index (κ3) is 3.60. The summed E-state index contributed by atoms with van der Waals surface area (Å²) >= 11 is 0. The monoisotopic (exact) mass is 332 g/mol. The summed E-state index contributed by atoms with van der Waals surface area (Å²) in [4.78, 5) is 16.6. The molecule has 0 unspecified atom stereocenters. The molecule has 0 fully saturated rings. The van der Waals surface area contributed by atoms with Crippen LogP contribution in [0.2, 0.25) is 0 Å². The summed E-state index contributed by atoms with van der Waals surface area (Å²) in [5.41, 5.74) is 4.93. The summed E-state index contributed by atoms with van der Waals surface area (Å²) in [6.45, 7) is 0.487. The van der Waals surface area contributed by atoms with Gasteiger partial charge in [-0.15, -0.1) is 0 Å². The fourth-order valence-corrected chi connectivity index (χ4v) is 3.28. The maximum atomic E-state index is 12.3. The Morgan fingerprint density at radius 1 is 1.08 bits per heavy atom. The zero-order chi connectivity index (χ0) is 17.1. The van der Waals surface area contributed by atoms with Crippen LogP contribution < -0.4 is 5.32 Å². The molecule has 1 aliphatic carbocycles. The van der Waals surface area contributed by atoms with Gasteiger partial charge in [0, 0.05) is 25.1 Å². The lowest BCUT2D eigenvalue weighted by atomic mass is 10.0. The first kappa shape index (κ1) is 15.6. The van der Waals surface area contributed by atoms with Crippen LogP contribution in [-0.4, -0.2) is 20.7 Å². The molecule has 4 rings (SSSR count). The van der Waals surface area contributed by atoms with E-state index in [9.17, 15) is 4.79 Å². The molecule has 2 aromatic heterocycles. The average molecular weight is 332 g/mol. The van der Waals surface area contributed by atoms with E-state index in [1.165, 1.54) is 24.0 Å². The Hall–Kier alpha value is -2.95. The van der Waals surface area contributed by atoms with Crippen molar-refractivity contribution in [3.63, 3.8) is 0 Å². The van der Waals surface area contributed by atoms with Gasteiger partial charge in [0.2, 0.25) is 5.91 Å². The lowest BCUT2D eigenvalue weighted by molar-refractivity contribution is -0.120. The predicted molar refractivity (Wildman–Crippen MR) is 95.4 cm³/mol. The van der Waals surface area contributed by atoms with Crippen molar-refractivity contribution in [1.29, 1.82) is 0 Å². The number of rotatable bonds is 5. The van der Waals surface area contributed by atoms with Gasteiger partial charge in [0.25, 0.3) is 0 Å². The maximum Gasteiger partial charge on any atom is 0.224 e. The van der Waals surface area contributed by atoms with Gasteiger partial charge in [-0.3, -0.25) is 4.79 Å². The number of carbonyl (C=O) groups excluding carboxylic acids is 1. The summed E-state index contributed by atoms with van der Waals surface area (Å²) in [5.74, 6) is 0.783. The molecular formula is C20H20N4O. The van der Waals surface area contributed by atoms with Gasteiger partial charge in [0.05, 0.1) is 6.42 Å². The molecule has 1 N–H and O–H groups in total. The van der Waals surface area contributed by atoms with Crippen LogP contribution in [0.1, 0.15) is 28.7 Å². The summed E-state index contributed by atoms with van der Waals surface area (Å²) in [6, 6.07) is 12.1. The van der Waals surface area contributed by atoms with Gasteiger partial charge < -0.3 is 5.32 Å². The van der Waals surface area contributed by atoms with Gasteiger partial charge in [0.1, 0.15) is 0 Å². The Labute approximate surface area is 146 Å². The van der Waals surface area contributed by atoms with E-state index in [1.54, 1.807) is 17.1 Å². The summed E-state index contributed by atoms with van der Waals surface area (Å²) in [7, 11) is 0. The van der Waals surface area contributed by atoms with Crippen LogP contribution in [0.3, 0.4) is 0 Å². The minimum absolute atomic E-state index is 0.0374. The molecule has 0 atom stereocenters. The third-order valence-corrected chi connectivity index (χ3v) is 4.57. The topological polar surface area (TPSA) is 59.8 Å². The second-order valence-corrected chi connectivity index (χ2v) is 6.38. The molecule has 5 heteroatoms. The van der Waals surface area contributed by atoms with Crippen LogP contribution in [0.5, 0.6) is 0 Å². The van der Waals surface area contributed by atoms with E-state index < -0.39 is 0 Å². The van der Waals surface area contributed by atoms with Gasteiger partial charge in [-0.25, -0.2) is 9.67 Å². The number of carbonyl (C=O) groups is 1.